The lowest BCUT2D eigenvalue weighted by Crippen LogP contribution is -2.23. The van der Waals surface area contributed by atoms with E-state index in [1.807, 2.05) is 0 Å². The topological polar surface area (TPSA) is 72.8 Å². The number of benzene rings is 1. The summed E-state index contributed by atoms with van der Waals surface area (Å²) in [5, 5.41) is 8.99. The first kappa shape index (κ1) is 15.9. The van der Waals surface area contributed by atoms with Gasteiger partial charge in [-0.1, -0.05) is 65.1 Å². The standard InChI is InChI=1S/C11H9Cl3O5/c12-11(13,14)6-18-10(17)19-8(9(15)16)7-4-2-1-3-5-7/h1-5,8H,6H2,(H,15,16). The summed E-state index contributed by atoms with van der Waals surface area (Å²) in [5.74, 6) is -1.34. The van der Waals surface area contributed by atoms with Crippen LogP contribution in [0.2, 0.25) is 0 Å². The lowest BCUT2D eigenvalue weighted by Gasteiger charge is -2.15. The monoisotopic (exact) mass is 326 g/mol. The second-order valence-electron chi connectivity index (χ2n) is 3.40. The molecular formula is C11H9Cl3O5. The zero-order valence-corrected chi connectivity index (χ0v) is 11.7. The normalized spacial score (nSPS) is 12.6. The summed E-state index contributed by atoms with van der Waals surface area (Å²) >= 11 is 16.1. The SMILES string of the molecule is O=C(OCC(Cl)(Cl)Cl)OC(C(=O)O)c1ccccc1. The van der Waals surface area contributed by atoms with Crippen LogP contribution in [0.4, 0.5) is 4.79 Å². The first-order chi connectivity index (χ1) is 8.79. The minimum absolute atomic E-state index is 0.292. The van der Waals surface area contributed by atoms with Crippen molar-refractivity contribution < 1.29 is 24.2 Å². The molecule has 0 amide bonds. The number of rotatable bonds is 4. The summed E-state index contributed by atoms with van der Waals surface area (Å²) in [6.45, 7) is -0.544. The Morgan fingerprint density at radius 1 is 1.21 bits per heavy atom. The molecule has 0 bridgehead atoms. The molecule has 8 heteroatoms. The van der Waals surface area contributed by atoms with Crippen molar-refractivity contribution in [1.82, 2.24) is 0 Å². The van der Waals surface area contributed by atoms with Gasteiger partial charge in [-0.2, -0.15) is 0 Å². The van der Waals surface area contributed by atoms with Crippen molar-refractivity contribution in [1.29, 1.82) is 0 Å². The first-order valence-electron chi connectivity index (χ1n) is 4.97. The molecule has 1 atom stereocenters. The fraction of sp³-hybridized carbons (Fsp3) is 0.273. The van der Waals surface area contributed by atoms with E-state index in [2.05, 4.69) is 9.47 Å². The van der Waals surface area contributed by atoms with Crippen LogP contribution < -0.4 is 0 Å². The molecule has 5 nitrogen and oxygen atoms in total. The zero-order chi connectivity index (χ0) is 14.5. The summed E-state index contributed by atoms with van der Waals surface area (Å²) in [6.07, 6.45) is -2.72. The molecule has 0 aliphatic heterocycles. The summed E-state index contributed by atoms with van der Waals surface area (Å²) in [7, 11) is 0. The van der Waals surface area contributed by atoms with Gasteiger partial charge in [0.15, 0.2) is 0 Å². The highest BCUT2D eigenvalue weighted by molar-refractivity contribution is 6.67. The van der Waals surface area contributed by atoms with Gasteiger partial charge >= 0.3 is 12.1 Å². The number of carbonyl (C=O) groups is 2. The predicted octanol–water partition coefficient (Wildman–Crippen LogP) is 3.34. The molecule has 0 fully saturated rings. The van der Waals surface area contributed by atoms with Gasteiger partial charge in [-0.25, -0.2) is 9.59 Å². The van der Waals surface area contributed by atoms with Crippen LogP contribution in [-0.4, -0.2) is 27.6 Å². The van der Waals surface area contributed by atoms with Gasteiger partial charge < -0.3 is 14.6 Å². The van der Waals surface area contributed by atoms with E-state index in [1.165, 1.54) is 12.1 Å². The third-order valence-corrected chi connectivity index (χ3v) is 2.22. The van der Waals surface area contributed by atoms with E-state index >= 15 is 0 Å². The average molecular weight is 328 g/mol. The Morgan fingerprint density at radius 2 is 1.79 bits per heavy atom. The highest BCUT2D eigenvalue weighted by atomic mass is 35.6. The molecule has 0 aromatic heterocycles. The minimum atomic E-state index is -1.79. The number of hydrogen-bond acceptors (Lipinski definition) is 4. The van der Waals surface area contributed by atoms with E-state index in [-0.39, 0.29) is 0 Å². The summed E-state index contributed by atoms with van der Waals surface area (Å²) in [4.78, 5) is 22.3. The van der Waals surface area contributed by atoms with Crippen LogP contribution in [0.15, 0.2) is 30.3 Å². The average Bonchev–Trinajstić information content (AvgIpc) is 2.33. The zero-order valence-electron chi connectivity index (χ0n) is 9.39. The second-order valence-corrected chi connectivity index (χ2v) is 5.92. The van der Waals surface area contributed by atoms with E-state index in [0.29, 0.717) is 5.56 Å². The van der Waals surface area contributed by atoms with Crippen molar-refractivity contribution in [2.75, 3.05) is 6.61 Å². The number of hydrogen-bond donors (Lipinski definition) is 1. The molecule has 1 unspecified atom stereocenters. The van der Waals surface area contributed by atoms with E-state index in [0.717, 1.165) is 0 Å². The largest absolute Gasteiger partial charge is 0.509 e. The Bertz CT molecular complexity index is 443. The highest BCUT2D eigenvalue weighted by Gasteiger charge is 2.27. The van der Waals surface area contributed by atoms with Gasteiger partial charge in [0, 0.05) is 5.56 Å². The van der Waals surface area contributed by atoms with E-state index in [1.54, 1.807) is 18.2 Å². The molecular weight excluding hydrogens is 318 g/mol. The predicted molar refractivity (Wildman–Crippen MR) is 69.5 cm³/mol. The molecule has 0 spiro atoms. The Morgan fingerprint density at radius 3 is 2.26 bits per heavy atom. The van der Waals surface area contributed by atoms with E-state index in [4.69, 9.17) is 39.9 Å². The van der Waals surface area contributed by atoms with Gasteiger partial charge in [0.25, 0.3) is 0 Å². The second kappa shape index (κ2) is 6.84. The van der Waals surface area contributed by atoms with Gasteiger partial charge in [0.05, 0.1) is 0 Å². The van der Waals surface area contributed by atoms with Crippen molar-refractivity contribution in [3.05, 3.63) is 35.9 Å². The molecule has 1 rings (SSSR count). The lowest BCUT2D eigenvalue weighted by atomic mass is 10.1. The molecule has 0 heterocycles. The van der Waals surface area contributed by atoms with Crippen LogP contribution in [0, 0.1) is 0 Å². The Labute approximate surface area is 124 Å². The van der Waals surface area contributed by atoms with Crippen molar-refractivity contribution in [3.8, 4) is 0 Å². The van der Waals surface area contributed by atoms with Gasteiger partial charge in [0.1, 0.15) is 6.61 Å². The van der Waals surface area contributed by atoms with E-state index in [9.17, 15) is 9.59 Å². The van der Waals surface area contributed by atoms with Crippen LogP contribution in [0.5, 0.6) is 0 Å². The Kier molecular flexibility index (Phi) is 5.72. The lowest BCUT2D eigenvalue weighted by molar-refractivity contribution is -0.148. The molecule has 1 aromatic carbocycles. The first-order valence-corrected chi connectivity index (χ1v) is 6.11. The van der Waals surface area contributed by atoms with Gasteiger partial charge in [-0.05, 0) is 0 Å². The molecule has 0 aliphatic carbocycles. The third-order valence-electron chi connectivity index (χ3n) is 1.89. The molecule has 19 heavy (non-hydrogen) atoms. The molecule has 1 N–H and O–H groups in total. The maximum absolute atomic E-state index is 11.3. The molecule has 0 saturated carbocycles. The number of carbonyl (C=O) groups excluding carboxylic acids is 1. The van der Waals surface area contributed by atoms with Crippen LogP contribution in [0.1, 0.15) is 11.7 Å². The van der Waals surface area contributed by atoms with Gasteiger partial charge in [-0.15, -0.1) is 0 Å². The number of carboxylic acids is 1. The number of carboxylic acid groups (broad SMARTS) is 1. The number of alkyl halides is 3. The van der Waals surface area contributed by atoms with Gasteiger partial charge in [0.2, 0.25) is 9.90 Å². The molecule has 1 aromatic rings. The summed E-state index contributed by atoms with van der Waals surface area (Å²) in [5.41, 5.74) is 0.292. The van der Waals surface area contributed by atoms with Crippen LogP contribution >= 0.6 is 34.8 Å². The smallest absolute Gasteiger partial charge is 0.478 e. The highest BCUT2D eigenvalue weighted by Crippen LogP contribution is 2.26. The third kappa shape index (κ3) is 6.00. The van der Waals surface area contributed by atoms with Gasteiger partial charge in [-0.3, -0.25) is 0 Å². The van der Waals surface area contributed by atoms with E-state index < -0.39 is 28.6 Å². The van der Waals surface area contributed by atoms with Crippen molar-refractivity contribution in [3.63, 3.8) is 0 Å². The summed E-state index contributed by atoms with van der Waals surface area (Å²) < 4.78 is 7.36. The maximum Gasteiger partial charge on any atom is 0.509 e. The van der Waals surface area contributed by atoms with Crippen molar-refractivity contribution in [2.45, 2.75) is 9.90 Å². The molecule has 104 valence electrons. The fourth-order valence-corrected chi connectivity index (χ4v) is 1.32. The van der Waals surface area contributed by atoms with Crippen molar-refractivity contribution >= 4 is 46.9 Å². The minimum Gasteiger partial charge on any atom is -0.478 e. The Balaban J connectivity index is 2.65. The number of halogens is 3. The van der Waals surface area contributed by atoms with Crippen molar-refractivity contribution in [2.24, 2.45) is 0 Å². The molecule has 0 aliphatic rings. The molecule has 0 saturated heterocycles. The Hall–Kier alpha value is -1.17. The maximum atomic E-state index is 11.3. The van der Waals surface area contributed by atoms with Crippen LogP contribution in [0.3, 0.4) is 0 Å². The molecule has 0 radical (unpaired) electrons. The fourth-order valence-electron chi connectivity index (χ4n) is 1.16. The number of ether oxygens (including phenoxy) is 2. The quantitative estimate of drug-likeness (QED) is 0.678. The van der Waals surface area contributed by atoms with Crippen LogP contribution in [-0.2, 0) is 14.3 Å². The summed E-state index contributed by atoms with van der Waals surface area (Å²) in [6, 6.07) is 7.92. The number of aliphatic carboxylic acids is 1. The van der Waals surface area contributed by atoms with Crippen LogP contribution in [0.25, 0.3) is 0 Å².